The maximum atomic E-state index is 12.4. The third-order valence-electron chi connectivity index (χ3n) is 3.92. The summed E-state index contributed by atoms with van der Waals surface area (Å²) in [5.74, 6) is 0.106. The van der Waals surface area contributed by atoms with Crippen molar-refractivity contribution in [2.45, 2.75) is 13.8 Å². The van der Waals surface area contributed by atoms with Crippen LogP contribution in [0.3, 0.4) is 0 Å². The van der Waals surface area contributed by atoms with Crippen LogP contribution in [-0.2, 0) is 0 Å². The molecule has 3 rings (SSSR count). The van der Waals surface area contributed by atoms with Crippen molar-refractivity contribution in [1.82, 2.24) is 5.32 Å². The number of rotatable bonds is 3. The molecule has 4 nitrogen and oxygen atoms in total. The average molecular weight is 419 g/mol. The van der Waals surface area contributed by atoms with Gasteiger partial charge in [0.25, 0.3) is 5.91 Å². The van der Waals surface area contributed by atoms with Crippen molar-refractivity contribution in [2.75, 3.05) is 5.32 Å². The molecule has 0 aliphatic rings. The number of benzene rings is 2. The van der Waals surface area contributed by atoms with Crippen LogP contribution in [0.25, 0.3) is 11.3 Å². The summed E-state index contributed by atoms with van der Waals surface area (Å²) >= 11 is 17.4. The predicted octanol–water partition coefficient (Wildman–Crippen LogP) is 6.00. The lowest BCUT2D eigenvalue weighted by atomic mass is 10.1. The Morgan fingerprint density at radius 2 is 1.85 bits per heavy atom. The van der Waals surface area contributed by atoms with Crippen LogP contribution in [0.1, 0.15) is 21.7 Å². The molecule has 27 heavy (non-hydrogen) atoms. The van der Waals surface area contributed by atoms with Crippen LogP contribution in [0.15, 0.2) is 52.9 Å². The first-order valence-electron chi connectivity index (χ1n) is 8.09. The van der Waals surface area contributed by atoms with Crippen LogP contribution in [0.2, 0.25) is 10.0 Å². The van der Waals surface area contributed by atoms with Gasteiger partial charge in [0.05, 0.1) is 10.0 Å². The van der Waals surface area contributed by atoms with Gasteiger partial charge in [-0.15, -0.1) is 0 Å². The number of aryl methyl sites for hydroxylation is 2. The monoisotopic (exact) mass is 418 g/mol. The van der Waals surface area contributed by atoms with E-state index in [-0.39, 0.29) is 10.9 Å². The highest BCUT2D eigenvalue weighted by molar-refractivity contribution is 7.80. The van der Waals surface area contributed by atoms with E-state index in [1.165, 1.54) is 0 Å². The van der Waals surface area contributed by atoms with Crippen molar-refractivity contribution in [1.29, 1.82) is 0 Å². The van der Waals surface area contributed by atoms with Crippen LogP contribution < -0.4 is 10.6 Å². The normalized spacial score (nSPS) is 10.5. The summed E-state index contributed by atoms with van der Waals surface area (Å²) < 4.78 is 5.62. The molecule has 0 saturated heterocycles. The molecule has 2 aromatic carbocycles. The van der Waals surface area contributed by atoms with Crippen LogP contribution in [0.5, 0.6) is 0 Å². The first kappa shape index (κ1) is 19.4. The van der Waals surface area contributed by atoms with E-state index in [4.69, 9.17) is 39.8 Å². The Kier molecular flexibility index (Phi) is 5.85. The summed E-state index contributed by atoms with van der Waals surface area (Å²) in [5, 5.41) is 6.60. The second-order valence-electron chi connectivity index (χ2n) is 5.99. The lowest BCUT2D eigenvalue weighted by Crippen LogP contribution is -2.34. The van der Waals surface area contributed by atoms with Gasteiger partial charge >= 0.3 is 0 Å². The standard InChI is InChI=1S/C20H16Cl2N2O2S/c1-11-6-7-12(2)15(10-11)23-20(27)24-19(25)17-9-8-16(26-17)13-4-3-5-14(21)18(13)22/h3-10H,1-2H3,(H2,23,24,25,27). The maximum Gasteiger partial charge on any atom is 0.293 e. The average Bonchev–Trinajstić information content (AvgIpc) is 3.10. The summed E-state index contributed by atoms with van der Waals surface area (Å²) in [4.78, 5) is 12.4. The second-order valence-corrected chi connectivity index (χ2v) is 7.19. The maximum absolute atomic E-state index is 12.4. The van der Waals surface area contributed by atoms with Crippen molar-refractivity contribution in [3.63, 3.8) is 0 Å². The first-order valence-corrected chi connectivity index (χ1v) is 9.25. The molecule has 1 amide bonds. The summed E-state index contributed by atoms with van der Waals surface area (Å²) in [6.07, 6.45) is 0. The molecule has 0 aliphatic heterocycles. The number of thiocarbonyl (C=S) groups is 1. The summed E-state index contributed by atoms with van der Waals surface area (Å²) in [6.45, 7) is 3.94. The Morgan fingerprint density at radius 3 is 2.63 bits per heavy atom. The van der Waals surface area contributed by atoms with Gasteiger partial charge in [0.15, 0.2) is 10.9 Å². The highest BCUT2D eigenvalue weighted by atomic mass is 35.5. The Balaban J connectivity index is 1.72. The third kappa shape index (κ3) is 4.50. The van der Waals surface area contributed by atoms with Crippen LogP contribution in [0.4, 0.5) is 5.69 Å². The fourth-order valence-electron chi connectivity index (χ4n) is 2.49. The number of nitrogens with one attached hydrogen (secondary N) is 2. The molecule has 0 saturated carbocycles. The van der Waals surface area contributed by atoms with E-state index in [1.54, 1.807) is 30.3 Å². The number of carbonyl (C=O) groups excluding carboxylic acids is 1. The minimum atomic E-state index is -0.456. The molecular formula is C20H16Cl2N2O2S. The van der Waals surface area contributed by atoms with Gasteiger partial charge in [-0.1, -0.05) is 41.4 Å². The van der Waals surface area contributed by atoms with Crippen molar-refractivity contribution in [3.05, 3.63) is 75.5 Å². The molecule has 1 heterocycles. The van der Waals surface area contributed by atoms with Gasteiger partial charge in [0, 0.05) is 11.3 Å². The number of amides is 1. The Bertz CT molecular complexity index is 1030. The quantitative estimate of drug-likeness (QED) is 0.512. The van der Waals surface area contributed by atoms with Crippen molar-refractivity contribution in [3.8, 4) is 11.3 Å². The van der Waals surface area contributed by atoms with Crippen LogP contribution >= 0.6 is 35.4 Å². The summed E-state index contributed by atoms with van der Waals surface area (Å²) in [6, 6.07) is 14.4. The molecule has 0 atom stereocenters. The number of carbonyl (C=O) groups is 1. The molecule has 7 heteroatoms. The SMILES string of the molecule is Cc1ccc(C)c(NC(=S)NC(=O)c2ccc(-c3cccc(Cl)c3Cl)o2)c1. The molecular weight excluding hydrogens is 403 g/mol. The molecule has 1 aromatic heterocycles. The highest BCUT2D eigenvalue weighted by Crippen LogP contribution is 2.34. The largest absolute Gasteiger partial charge is 0.451 e. The van der Waals surface area contributed by atoms with Gasteiger partial charge in [0.2, 0.25) is 0 Å². The zero-order valence-corrected chi connectivity index (χ0v) is 16.9. The van der Waals surface area contributed by atoms with Crippen molar-refractivity contribution in [2.24, 2.45) is 0 Å². The Hall–Kier alpha value is -2.34. The van der Waals surface area contributed by atoms with E-state index in [2.05, 4.69) is 10.6 Å². The number of halogens is 2. The molecule has 0 aliphatic carbocycles. The number of hydrogen-bond acceptors (Lipinski definition) is 3. The first-order chi connectivity index (χ1) is 12.8. The van der Waals surface area contributed by atoms with Gasteiger partial charge in [-0.25, -0.2) is 0 Å². The lowest BCUT2D eigenvalue weighted by Gasteiger charge is -2.11. The summed E-state index contributed by atoms with van der Waals surface area (Å²) in [5.41, 5.74) is 3.56. The smallest absolute Gasteiger partial charge is 0.293 e. The topological polar surface area (TPSA) is 54.3 Å². The van der Waals surface area contributed by atoms with E-state index < -0.39 is 5.91 Å². The van der Waals surface area contributed by atoms with Crippen LogP contribution in [-0.4, -0.2) is 11.0 Å². The molecule has 0 radical (unpaired) electrons. The Labute approximate surface area is 172 Å². The minimum Gasteiger partial charge on any atom is -0.451 e. The highest BCUT2D eigenvalue weighted by Gasteiger charge is 2.16. The fraction of sp³-hybridized carbons (Fsp3) is 0.100. The van der Waals surface area contributed by atoms with E-state index in [0.29, 0.717) is 21.4 Å². The van der Waals surface area contributed by atoms with Gasteiger partial charge in [-0.3, -0.25) is 10.1 Å². The molecule has 0 bridgehead atoms. The molecule has 2 N–H and O–H groups in total. The molecule has 0 fully saturated rings. The van der Waals surface area contributed by atoms with E-state index >= 15 is 0 Å². The van der Waals surface area contributed by atoms with E-state index in [9.17, 15) is 4.79 Å². The molecule has 3 aromatic rings. The van der Waals surface area contributed by atoms with Gasteiger partial charge in [-0.05, 0) is 67.5 Å². The van der Waals surface area contributed by atoms with E-state index in [0.717, 1.165) is 16.8 Å². The van der Waals surface area contributed by atoms with Gasteiger partial charge in [0.1, 0.15) is 5.76 Å². The lowest BCUT2D eigenvalue weighted by molar-refractivity contribution is 0.0951. The number of hydrogen-bond donors (Lipinski definition) is 2. The third-order valence-corrected chi connectivity index (χ3v) is 4.94. The van der Waals surface area contributed by atoms with Gasteiger partial charge in [-0.2, -0.15) is 0 Å². The predicted molar refractivity (Wildman–Crippen MR) is 114 cm³/mol. The number of anilines is 1. The zero-order valence-electron chi connectivity index (χ0n) is 14.6. The van der Waals surface area contributed by atoms with Gasteiger partial charge < -0.3 is 9.73 Å². The fourth-order valence-corrected chi connectivity index (χ4v) is 3.08. The van der Waals surface area contributed by atoms with Crippen molar-refractivity contribution >= 4 is 52.1 Å². The van der Waals surface area contributed by atoms with Crippen molar-refractivity contribution < 1.29 is 9.21 Å². The molecule has 138 valence electrons. The zero-order chi connectivity index (χ0) is 19.6. The second kappa shape index (κ2) is 8.13. The number of furan rings is 1. The summed E-state index contributed by atoms with van der Waals surface area (Å²) in [7, 11) is 0. The minimum absolute atomic E-state index is 0.117. The van der Waals surface area contributed by atoms with E-state index in [1.807, 2.05) is 32.0 Å². The van der Waals surface area contributed by atoms with Crippen LogP contribution in [0, 0.1) is 13.8 Å². The Morgan fingerprint density at radius 1 is 1.07 bits per heavy atom. The molecule has 0 unspecified atom stereocenters. The molecule has 0 spiro atoms.